The lowest BCUT2D eigenvalue weighted by Gasteiger charge is -2.00. The van der Waals surface area contributed by atoms with Crippen LogP contribution in [-0.2, 0) is 0 Å². The predicted octanol–water partition coefficient (Wildman–Crippen LogP) is 5.90. The molecular weight excluding hydrogens is 288 g/mol. The topological polar surface area (TPSA) is 49.9 Å². The molecule has 0 aliphatic carbocycles. The van der Waals surface area contributed by atoms with E-state index in [9.17, 15) is 0 Å². The summed E-state index contributed by atoms with van der Waals surface area (Å²) in [7, 11) is 0. The van der Waals surface area contributed by atoms with Gasteiger partial charge in [-0.3, -0.25) is 5.41 Å². The molecule has 0 atom stereocenters. The van der Waals surface area contributed by atoms with Crippen LogP contribution < -0.4 is 5.73 Å². The second-order valence-corrected chi connectivity index (χ2v) is 5.23. The molecule has 1 heterocycles. The molecule has 2 aromatic carbocycles. The average Bonchev–Trinajstić information content (AvgIpc) is 3.03. The van der Waals surface area contributed by atoms with E-state index < -0.39 is 0 Å². The SMILES string of the molecule is CC.CC.N=C(N)c1cc2cc(-c3ccccc3)ccc2s1. The Bertz CT molecular complexity index is 715. The Kier molecular flexibility index (Phi) is 7.33. The summed E-state index contributed by atoms with van der Waals surface area (Å²) in [4.78, 5) is 0.829. The first-order valence-electron chi connectivity index (χ1n) is 7.67. The van der Waals surface area contributed by atoms with Gasteiger partial charge in [-0.2, -0.15) is 0 Å². The molecule has 1 aromatic heterocycles. The molecule has 0 amide bonds. The Morgan fingerprint density at radius 3 is 2.09 bits per heavy atom. The molecule has 3 heteroatoms. The van der Waals surface area contributed by atoms with Crippen LogP contribution in [0.15, 0.2) is 54.6 Å². The Hall–Kier alpha value is -2.13. The highest BCUT2D eigenvalue weighted by Crippen LogP contribution is 2.29. The summed E-state index contributed by atoms with van der Waals surface area (Å²) in [6.07, 6.45) is 0. The molecule has 3 N–H and O–H groups in total. The van der Waals surface area contributed by atoms with Crippen molar-refractivity contribution in [2.75, 3.05) is 0 Å². The fourth-order valence-corrected chi connectivity index (χ4v) is 2.89. The normalized spacial score (nSPS) is 9.27. The maximum absolute atomic E-state index is 7.47. The van der Waals surface area contributed by atoms with Crippen LogP contribution in [0.5, 0.6) is 0 Å². The quantitative estimate of drug-likeness (QED) is 0.449. The summed E-state index contributed by atoms with van der Waals surface area (Å²) in [5.74, 6) is 0.137. The van der Waals surface area contributed by atoms with E-state index in [4.69, 9.17) is 11.1 Å². The molecule has 2 nitrogen and oxygen atoms in total. The second kappa shape index (κ2) is 9.00. The maximum Gasteiger partial charge on any atom is 0.133 e. The number of hydrogen-bond acceptors (Lipinski definition) is 2. The van der Waals surface area contributed by atoms with Gasteiger partial charge in [-0.1, -0.05) is 64.1 Å². The standard InChI is InChI=1S/C15H12N2S.2C2H6/c16-15(17)14-9-12-8-11(6-7-13(12)18-14)10-4-2-1-3-5-10;2*1-2/h1-9H,(H3,16,17);2*1-2H3. The Labute approximate surface area is 137 Å². The molecule has 0 fully saturated rings. The van der Waals surface area contributed by atoms with E-state index in [2.05, 4.69) is 30.3 Å². The molecule has 0 unspecified atom stereocenters. The molecule has 0 radical (unpaired) electrons. The van der Waals surface area contributed by atoms with Gasteiger partial charge in [0.2, 0.25) is 0 Å². The number of benzene rings is 2. The molecule has 3 rings (SSSR count). The van der Waals surface area contributed by atoms with Gasteiger partial charge < -0.3 is 5.73 Å². The van der Waals surface area contributed by atoms with Crippen molar-refractivity contribution < 1.29 is 0 Å². The first kappa shape index (κ1) is 17.9. The summed E-state index contributed by atoms with van der Waals surface area (Å²) >= 11 is 1.56. The van der Waals surface area contributed by atoms with Gasteiger partial charge in [-0.25, -0.2) is 0 Å². The average molecular weight is 312 g/mol. The minimum absolute atomic E-state index is 0.137. The number of nitrogen functional groups attached to an aromatic ring is 1. The smallest absolute Gasteiger partial charge is 0.133 e. The Morgan fingerprint density at radius 1 is 0.864 bits per heavy atom. The van der Waals surface area contributed by atoms with Crippen LogP contribution in [0.25, 0.3) is 21.2 Å². The Morgan fingerprint density at radius 2 is 1.50 bits per heavy atom. The lowest BCUT2D eigenvalue weighted by Crippen LogP contribution is -2.08. The third-order valence-corrected chi connectivity index (χ3v) is 4.04. The van der Waals surface area contributed by atoms with Gasteiger partial charge in [0, 0.05) is 4.70 Å². The van der Waals surface area contributed by atoms with Crippen molar-refractivity contribution in [3.63, 3.8) is 0 Å². The summed E-state index contributed by atoms with van der Waals surface area (Å²) in [5.41, 5.74) is 7.91. The number of amidine groups is 1. The Balaban J connectivity index is 0.000000561. The highest BCUT2D eigenvalue weighted by molar-refractivity contribution is 7.20. The summed E-state index contributed by atoms with van der Waals surface area (Å²) in [6, 6.07) is 18.6. The summed E-state index contributed by atoms with van der Waals surface area (Å²) in [5, 5.41) is 8.62. The molecule has 22 heavy (non-hydrogen) atoms. The van der Waals surface area contributed by atoms with Crippen molar-refractivity contribution in [1.82, 2.24) is 0 Å². The van der Waals surface area contributed by atoms with Crippen LogP contribution >= 0.6 is 11.3 Å². The molecule has 0 spiro atoms. The number of nitrogens with one attached hydrogen (secondary N) is 1. The number of thiophene rings is 1. The summed E-state index contributed by atoms with van der Waals surface area (Å²) < 4.78 is 1.17. The van der Waals surface area contributed by atoms with Crippen molar-refractivity contribution in [3.05, 3.63) is 59.5 Å². The van der Waals surface area contributed by atoms with E-state index in [0.29, 0.717) is 0 Å². The van der Waals surface area contributed by atoms with E-state index in [1.165, 1.54) is 15.8 Å². The molecular formula is C19H24N2S. The van der Waals surface area contributed by atoms with E-state index >= 15 is 0 Å². The lowest BCUT2D eigenvalue weighted by atomic mass is 10.0. The molecule has 0 aliphatic rings. The van der Waals surface area contributed by atoms with E-state index in [1.54, 1.807) is 11.3 Å². The first-order chi connectivity index (χ1) is 10.7. The molecule has 0 bridgehead atoms. The zero-order valence-electron chi connectivity index (χ0n) is 13.7. The van der Waals surface area contributed by atoms with Crippen molar-refractivity contribution in [3.8, 4) is 11.1 Å². The fraction of sp³-hybridized carbons (Fsp3) is 0.211. The minimum Gasteiger partial charge on any atom is -0.383 e. The fourth-order valence-electron chi connectivity index (χ4n) is 1.99. The van der Waals surface area contributed by atoms with Crippen molar-refractivity contribution in [1.29, 1.82) is 5.41 Å². The van der Waals surface area contributed by atoms with Crippen LogP contribution in [-0.4, -0.2) is 5.84 Å². The zero-order valence-corrected chi connectivity index (χ0v) is 14.5. The van der Waals surface area contributed by atoms with Gasteiger partial charge in [-0.05, 0) is 34.7 Å². The molecule has 0 saturated carbocycles. The largest absolute Gasteiger partial charge is 0.383 e. The van der Waals surface area contributed by atoms with Gasteiger partial charge in [0.25, 0.3) is 0 Å². The van der Waals surface area contributed by atoms with Gasteiger partial charge in [-0.15, -0.1) is 11.3 Å². The van der Waals surface area contributed by atoms with Gasteiger partial charge in [0.05, 0.1) is 4.88 Å². The maximum atomic E-state index is 7.47. The highest BCUT2D eigenvalue weighted by atomic mass is 32.1. The predicted molar refractivity (Wildman–Crippen MR) is 101 cm³/mol. The molecule has 116 valence electrons. The van der Waals surface area contributed by atoms with Crippen molar-refractivity contribution >= 4 is 27.3 Å². The number of hydrogen-bond donors (Lipinski definition) is 2. The van der Waals surface area contributed by atoms with E-state index in [0.717, 1.165) is 10.3 Å². The van der Waals surface area contributed by atoms with Crippen LogP contribution in [0.2, 0.25) is 0 Å². The molecule has 0 aliphatic heterocycles. The lowest BCUT2D eigenvalue weighted by molar-refractivity contribution is 1.46. The van der Waals surface area contributed by atoms with Crippen LogP contribution in [0.1, 0.15) is 32.6 Å². The zero-order chi connectivity index (χ0) is 16.5. The number of fused-ring (bicyclic) bond motifs is 1. The van der Waals surface area contributed by atoms with Crippen LogP contribution in [0.3, 0.4) is 0 Å². The number of nitrogens with two attached hydrogens (primary N) is 1. The van der Waals surface area contributed by atoms with E-state index in [-0.39, 0.29) is 5.84 Å². The molecule has 3 aromatic rings. The van der Waals surface area contributed by atoms with Gasteiger partial charge >= 0.3 is 0 Å². The number of rotatable bonds is 2. The van der Waals surface area contributed by atoms with Crippen molar-refractivity contribution in [2.24, 2.45) is 5.73 Å². The first-order valence-corrected chi connectivity index (χ1v) is 8.49. The second-order valence-electron chi connectivity index (χ2n) is 4.14. The third-order valence-electron chi connectivity index (χ3n) is 2.89. The minimum atomic E-state index is 0.137. The summed E-state index contributed by atoms with van der Waals surface area (Å²) in [6.45, 7) is 8.00. The molecule has 0 saturated heterocycles. The van der Waals surface area contributed by atoms with Gasteiger partial charge in [0.15, 0.2) is 0 Å². The highest BCUT2D eigenvalue weighted by Gasteiger charge is 2.05. The van der Waals surface area contributed by atoms with Crippen LogP contribution in [0, 0.1) is 5.41 Å². The third kappa shape index (κ3) is 4.18. The van der Waals surface area contributed by atoms with E-state index in [1.807, 2.05) is 52.0 Å². The van der Waals surface area contributed by atoms with Gasteiger partial charge in [0.1, 0.15) is 5.84 Å². The van der Waals surface area contributed by atoms with Crippen LogP contribution in [0.4, 0.5) is 0 Å². The van der Waals surface area contributed by atoms with Crippen molar-refractivity contribution in [2.45, 2.75) is 27.7 Å². The monoisotopic (exact) mass is 312 g/mol.